The van der Waals surface area contributed by atoms with Crippen molar-refractivity contribution in [3.63, 3.8) is 0 Å². The van der Waals surface area contributed by atoms with Crippen molar-refractivity contribution in [3.05, 3.63) is 29.8 Å². The van der Waals surface area contributed by atoms with Gasteiger partial charge in [-0.1, -0.05) is 18.2 Å². The van der Waals surface area contributed by atoms with Gasteiger partial charge in [0.25, 0.3) is 5.91 Å². The highest BCUT2D eigenvalue weighted by atomic mass is 28.2. The highest BCUT2D eigenvalue weighted by molar-refractivity contribution is 6.49. The molecule has 4 heteroatoms. The van der Waals surface area contributed by atoms with Crippen LogP contribution in [0, 0.1) is 0 Å². The van der Waals surface area contributed by atoms with Crippen LogP contribution >= 0.6 is 0 Å². The lowest BCUT2D eigenvalue weighted by Gasteiger charge is -2.13. The van der Waals surface area contributed by atoms with Crippen LogP contribution in [0.3, 0.4) is 0 Å². The molecule has 0 saturated carbocycles. The summed E-state index contributed by atoms with van der Waals surface area (Å²) < 4.78 is 5.46. The van der Waals surface area contributed by atoms with E-state index in [2.05, 4.69) is 0 Å². The average molecular weight is 223 g/mol. The van der Waals surface area contributed by atoms with Crippen molar-refractivity contribution in [2.24, 2.45) is 0 Å². The van der Waals surface area contributed by atoms with Crippen LogP contribution in [0.15, 0.2) is 24.3 Å². The van der Waals surface area contributed by atoms with E-state index in [0.717, 1.165) is 17.4 Å². The zero-order chi connectivity index (χ0) is 11.3. The van der Waals surface area contributed by atoms with Crippen LogP contribution in [-0.2, 0) is 4.43 Å². The quantitative estimate of drug-likeness (QED) is 0.679. The molecule has 0 fully saturated rings. The molecule has 0 heterocycles. The Hall–Kier alpha value is -1.13. The first-order chi connectivity index (χ1) is 7.16. The molecule has 0 spiro atoms. The third kappa shape index (κ3) is 3.18. The van der Waals surface area contributed by atoms with E-state index in [1.165, 1.54) is 0 Å². The van der Waals surface area contributed by atoms with Crippen molar-refractivity contribution in [2.45, 2.75) is 6.92 Å². The van der Waals surface area contributed by atoms with Gasteiger partial charge in [0.15, 0.2) is 9.76 Å². The Morgan fingerprint density at radius 1 is 1.40 bits per heavy atom. The standard InChI is InChI=1S/C11H17NO2Si/c1-4-14-15-10-8-6-5-7-9(10)11(13)12(2)3/h5-8H,4,15H2,1-3H3. The fraction of sp³-hybridized carbons (Fsp3) is 0.364. The summed E-state index contributed by atoms with van der Waals surface area (Å²) in [5, 5.41) is 1.08. The number of hydrogen-bond acceptors (Lipinski definition) is 2. The molecule has 82 valence electrons. The molecule has 1 aromatic carbocycles. The summed E-state index contributed by atoms with van der Waals surface area (Å²) in [5.74, 6) is 0.0535. The predicted molar refractivity (Wildman–Crippen MR) is 64.3 cm³/mol. The molecule has 1 amide bonds. The second kappa shape index (κ2) is 5.68. The number of amides is 1. The molecule has 0 saturated heterocycles. The lowest BCUT2D eigenvalue weighted by molar-refractivity contribution is 0.0828. The van der Waals surface area contributed by atoms with E-state index in [1.807, 2.05) is 31.2 Å². The van der Waals surface area contributed by atoms with Gasteiger partial charge in [0.1, 0.15) is 0 Å². The van der Waals surface area contributed by atoms with Gasteiger partial charge >= 0.3 is 0 Å². The van der Waals surface area contributed by atoms with Crippen LogP contribution in [0.5, 0.6) is 0 Å². The highest BCUT2D eigenvalue weighted by Gasteiger charge is 2.12. The Morgan fingerprint density at radius 2 is 2.07 bits per heavy atom. The zero-order valence-corrected chi connectivity index (χ0v) is 10.9. The van der Waals surface area contributed by atoms with Gasteiger partial charge in [0.2, 0.25) is 0 Å². The van der Waals surface area contributed by atoms with Crippen molar-refractivity contribution in [2.75, 3.05) is 20.7 Å². The second-order valence-electron chi connectivity index (χ2n) is 3.49. The van der Waals surface area contributed by atoms with Crippen LogP contribution in [0.1, 0.15) is 17.3 Å². The minimum Gasteiger partial charge on any atom is -0.419 e. The third-order valence-electron chi connectivity index (χ3n) is 2.12. The number of rotatable bonds is 4. The molecule has 0 aromatic heterocycles. The van der Waals surface area contributed by atoms with E-state index in [9.17, 15) is 4.79 Å². The summed E-state index contributed by atoms with van der Waals surface area (Å²) in [4.78, 5) is 13.4. The molecule has 1 rings (SSSR count). The smallest absolute Gasteiger partial charge is 0.253 e. The average Bonchev–Trinajstić information content (AvgIpc) is 2.25. The maximum absolute atomic E-state index is 11.8. The van der Waals surface area contributed by atoms with Gasteiger partial charge < -0.3 is 9.33 Å². The lowest BCUT2D eigenvalue weighted by Crippen LogP contribution is -2.31. The largest absolute Gasteiger partial charge is 0.419 e. The summed E-state index contributed by atoms with van der Waals surface area (Å²) in [7, 11) is 2.77. The van der Waals surface area contributed by atoms with Gasteiger partial charge in [-0.3, -0.25) is 4.79 Å². The van der Waals surface area contributed by atoms with Gasteiger partial charge in [-0.15, -0.1) is 0 Å². The maximum atomic E-state index is 11.8. The Labute approximate surface area is 93.0 Å². The fourth-order valence-electron chi connectivity index (χ4n) is 1.31. The van der Waals surface area contributed by atoms with E-state index < -0.39 is 9.76 Å². The normalized spacial score (nSPS) is 10.9. The minimum absolute atomic E-state index is 0.0535. The first-order valence-corrected chi connectivity index (χ1v) is 6.32. The molecule has 0 unspecified atom stereocenters. The second-order valence-corrected chi connectivity index (χ2v) is 4.95. The van der Waals surface area contributed by atoms with E-state index in [-0.39, 0.29) is 5.91 Å². The Kier molecular flexibility index (Phi) is 4.52. The molecule has 0 aliphatic rings. The molecule has 0 N–H and O–H groups in total. The number of carbonyl (C=O) groups is 1. The topological polar surface area (TPSA) is 29.5 Å². The molecule has 0 atom stereocenters. The van der Waals surface area contributed by atoms with Crippen molar-refractivity contribution < 1.29 is 9.22 Å². The molecule has 0 bridgehead atoms. The van der Waals surface area contributed by atoms with Crippen molar-refractivity contribution in [1.82, 2.24) is 4.90 Å². The van der Waals surface area contributed by atoms with Crippen LogP contribution < -0.4 is 5.19 Å². The Bertz CT molecular complexity index is 339. The monoisotopic (exact) mass is 223 g/mol. The molecular formula is C11H17NO2Si. The molecule has 0 radical (unpaired) electrons. The molecule has 1 aromatic rings. The van der Waals surface area contributed by atoms with E-state index in [1.54, 1.807) is 19.0 Å². The zero-order valence-electron chi connectivity index (χ0n) is 9.49. The van der Waals surface area contributed by atoms with E-state index >= 15 is 0 Å². The predicted octanol–water partition coefficient (Wildman–Crippen LogP) is 0.134. The highest BCUT2D eigenvalue weighted by Crippen LogP contribution is 1.99. The fourth-order valence-corrected chi connectivity index (χ4v) is 2.39. The SMILES string of the molecule is CCO[SiH2]c1ccccc1C(=O)N(C)C. The van der Waals surface area contributed by atoms with Gasteiger partial charge in [-0.05, 0) is 18.2 Å². The Balaban J connectivity index is 2.90. The maximum Gasteiger partial charge on any atom is 0.253 e. The first-order valence-electron chi connectivity index (χ1n) is 5.04. The molecule has 0 aliphatic carbocycles. The van der Waals surface area contributed by atoms with Gasteiger partial charge in [0, 0.05) is 26.3 Å². The summed E-state index contributed by atoms with van der Waals surface area (Å²) in [5.41, 5.74) is 0.780. The van der Waals surface area contributed by atoms with Crippen LogP contribution in [0.2, 0.25) is 0 Å². The molecule has 15 heavy (non-hydrogen) atoms. The van der Waals surface area contributed by atoms with Crippen molar-refractivity contribution >= 4 is 20.9 Å². The molecule has 3 nitrogen and oxygen atoms in total. The van der Waals surface area contributed by atoms with E-state index in [4.69, 9.17) is 4.43 Å². The van der Waals surface area contributed by atoms with Gasteiger partial charge in [-0.25, -0.2) is 0 Å². The first kappa shape index (κ1) is 11.9. The van der Waals surface area contributed by atoms with Crippen LogP contribution in [0.25, 0.3) is 0 Å². The summed E-state index contributed by atoms with van der Waals surface area (Å²) in [6.07, 6.45) is 0. The van der Waals surface area contributed by atoms with Crippen LogP contribution in [0.4, 0.5) is 0 Å². The summed E-state index contributed by atoms with van der Waals surface area (Å²) in [6, 6.07) is 7.69. The minimum atomic E-state index is -0.763. The van der Waals surface area contributed by atoms with Crippen LogP contribution in [-0.4, -0.2) is 41.3 Å². The number of hydrogen-bond donors (Lipinski definition) is 0. The number of carbonyl (C=O) groups excluding carboxylic acids is 1. The van der Waals surface area contributed by atoms with Gasteiger partial charge in [0.05, 0.1) is 0 Å². The third-order valence-corrected chi connectivity index (χ3v) is 3.66. The number of nitrogens with zero attached hydrogens (tertiary/aromatic N) is 1. The van der Waals surface area contributed by atoms with Crippen molar-refractivity contribution in [3.8, 4) is 0 Å². The molecular weight excluding hydrogens is 206 g/mol. The van der Waals surface area contributed by atoms with Crippen molar-refractivity contribution in [1.29, 1.82) is 0 Å². The summed E-state index contributed by atoms with van der Waals surface area (Å²) in [6.45, 7) is 2.69. The molecule has 0 aliphatic heterocycles. The lowest BCUT2D eigenvalue weighted by atomic mass is 10.2. The van der Waals surface area contributed by atoms with Gasteiger partial charge in [-0.2, -0.15) is 0 Å². The van der Waals surface area contributed by atoms with E-state index in [0.29, 0.717) is 0 Å². The Morgan fingerprint density at radius 3 is 2.67 bits per heavy atom. The number of benzene rings is 1. The summed E-state index contributed by atoms with van der Waals surface area (Å²) >= 11 is 0.